The van der Waals surface area contributed by atoms with E-state index >= 15 is 0 Å². The van der Waals surface area contributed by atoms with Gasteiger partial charge in [-0.2, -0.15) is 5.10 Å². The third kappa shape index (κ3) is 5.14. The van der Waals surface area contributed by atoms with Gasteiger partial charge in [0.1, 0.15) is 11.6 Å². The molecule has 7 heteroatoms. The van der Waals surface area contributed by atoms with Gasteiger partial charge in [-0.25, -0.2) is 9.82 Å². The predicted octanol–water partition coefficient (Wildman–Crippen LogP) is 3.28. The Morgan fingerprint density at radius 2 is 1.92 bits per heavy atom. The first-order valence-corrected chi connectivity index (χ1v) is 7.93. The molecule has 0 heterocycles. The Labute approximate surface area is 151 Å². The van der Waals surface area contributed by atoms with Gasteiger partial charge in [-0.05, 0) is 43.7 Å². The van der Waals surface area contributed by atoms with Gasteiger partial charge in [-0.15, -0.1) is 0 Å². The number of hydrogen-bond donors (Lipinski definition) is 2. The summed E-state index contributed by atoms with van der Waals surface area (Å²) in [5.74, 6) is -1.08. The average molecular weight is 357 g/mol. The van der Waals surface area contributed by atoms with Gasteiger partial charge in [0.15, 0.2) is 0 Å². The number of rotatable bonds is 6. The molecule has 2 amide bonds. The quantitative estimate of drug-likeness (QED) is 0.615. The molecule has 136 valence electrons. The normalized spacial score (nSPS) is 11.0. The van der Waals surface area contributed by atoms with Crippen molar-refractivity contribution in [3.8, 4) is 5.75 Å². The zero-order valence-corrected chi connectivity index (χ0v) is 14.8. The van der Waals surface area contributed by atoms with Crippen LogP contribution in [0.3, 0.4) is 0 Å². The Morgan fingerprint density at radius 3 is 2.62 bits per heavy atom. The number of aryl methyl sites for hydroxylation is 1. The molecule has 0 aromatic heterocycles. The zero-order chi connectivity index (χ0) is 19.1. The molecule has 26 heavy (non-hydrogen) atoms. The number of benzene rings is 2. The summed E-state index contributed by atoms with van der Waals surface area (Å²) in [7, 11) is 1.52. The van der Waals surface area contributed by atoms with Gasteiger partial charge in [-0.3, -0.25) is 9.59 Å². The summed E-state index contributed by atoms with van der Waals surface area (Å²) in [4.78, 5) is 24.0. The van der Waals surface area contributed by atoms with Gasteiger partial charge in [-0.1, -0.05) is 18.2 Å². The van der Waals surface area contributed by atoms with E-state index in [-0.39, 0.29) is 17.9 Å². The van der Waals surface area contributed by atoms with Crippen LogP contribution in [0, 0.1) is 12.7 Å². The van der Waals surface area contributed by atoms with E-state index in [1.807, 2.05) is 13.0 Å². The highest BCUT2D eigenvalue weighted by molar-refractivity contribution is 6.06. The van der Waals surface area contributed by atoms with Crippen LogP contribution in [0.2, 0.25) is 0 Å². The van der Waals surface area contributed by atoms with Gasteiger partial charge in [0.05, 0.1) is 24.8 Å². The van der Waals surface area contributed by atoms with E-state index in [0.717, 1.165) is 5.56 Å². The number of hydrogen-bond acceptors (Lipinski definition) is 4. The van der Waals surface area contributed by atoms with Crippen molar-refractivity contribution in [2.75, 3.05) is 12.4 Å². The Bertz CT molecular complexity index is 850. The van der Waals surface area contributed by atoms with Crippen molar-refractivity contribution in [1.29, 1.82) is 0 Å². The summed E-state index contributed by atoms with van der Waals surface area (Å²) in [6, 6.07) is 11.0. The number of hydrazone groups is 1. The Kier molecular flexibility index (Phi) is 6.43. The Hall–Kier alpha value is -3.22. The lowest BCUT2D eigenvalue weighted by atomic mass is 10.2. The maximum absolute atomic E-state index is 13.5. The third-order valence-corrected chi connectivity index (χ3v) is 3.51. The van der Waals surface area contributed by atoms with E-state index in [1.165, 1.54) is 25.3 Å². The molecule has 0 bridgehead atoms. The standard InChI is InChI=1S/C19H20FN3O3/c1-12-8-9-17(26-3)16(10-12)21-18(24)11-13(2)22-23-19(25)14-6-4-5-7-15(14)20/h4-10H,11H2,1-3H3,(H,21,24)(H,23,25)/b22-13+. The van der Waals surface area contributed by atoms with Crippen LogP contribution in [0.25, 0.3) is 0 Å². The Morgan fingerprint density at radius 1 is 1.19 bits per heavy atom. The molecule has 0 saturated carbocycles. The molecular weight excluding hydrogens is 337 g/mol. The number of nitrogens with zero attached hydrogens (tertiary/aromatic N) is 1. The number of ether oxygens (including phenoxy) is 1. The van der Waals surface area contributed by atoms with Crippen LogP contribution in [0.5, 0.6) is 5.75 Å². The van der Waals surface area contributed by atoms with Crippen LogP contribution in [-0.2, 0) is 4.79 Å². The molecule has 0 fully saturated rings. The first-order chi connectivity index (χ1) is 12.4. The number of halogens is 1. The van der Waals surface area contributed by atoms with Crippen LogP contribution in [0.4, 0.5) is 10.1 Å². The summed E-state index contributed by atoms with van der Waals surface area (Å²) in [5.41, 5.74) is 4.04. The highest BCUT2D eigenvalue weighted by atomic mass is 19.1. The van der Waals surface area contributed by atoms with Crippen molar-refractivity contribution in [2.45, 2.75) is 20.3 Å². The molecule has 0 spiro atoms. The molecule has 0 aliphatic carbocycles. The largest absolute Gasteiger partial charge is 0.495 e. The van der Waals surface area contributed by atoms with Crippen LogP contribution < -0.4 is 15.5 Å². The minimum absolute atomic E-state index is 0.0331. The minimum Gasteiger partial charge on any atom is -0.495 e. The lowest BCUT2D eigenvalue weighted by Crippen LogP contribution is -2.22. The summed E-state index contributed by atoms with van der Waals surface area (Å²) >= 11 is 0. The molecule has 2 rings (SSSR count). The molecule has 0 aliphatic heterocycles. The molecule has 0 saturated heterocycles. The van der Waals surface area contributed by atoms with Crippen LogP contribution in [0.15, 0.2) is 47.6 Å². The van der Waals surface area contributed by atoms with E-state index < -0.39 is 11.7 Å². The van der Waals surface area contributed by atoms with Gasteiger partial charge < -0.3 is 10.1 Å². The molecule has 0 unspecified atom stereocenters. The molecule has 2 N–H and O–H groups in total. The molecule has 2 aromatic rings. The summed E-state index contributed by atoms with van der Waals surface area (Å²) in [6.07, 6.45) is -0.0331. The monoisotopic (exact) mass is 357 g/mol. The van der Waals surface area contributed by atoms with E-state index in [9.17, 15) is 14.0 Å². The summed E-state index contributed by atoms with van der Waals surface area (Å²) in [5, 5.41) is 6.59. The SMILES string of the molecule is COc1ccc(C)cc1NC(=O)C/C(C)=N/NC(=O)c1ccccc1F. The van der Waals surface area contributed by atoms with Gasteiger partial charge in [0.25, 0.3) is 5.91 Å². The van der Waals surface area contributed by atoms with Crippen molar-refractivity contribution < 1.29 is 18.7 Å². The first kappa shape index (κ1) is 19.1. The lowest BCUT2D eigenvalue weighted by molar-refractivity contribution is -0.115. The topological polar surface area (TPSA) is 79.8 Å². The first-order valence-electron chi connectivity index (χ1n) is 7.93. The number of amides is 2. The molecule has 0 aliphatic rings. The number of carbonyl (C=O) groups excluding carboxylic acids is 2. The predicted molar refractivity (Wildman–Crippen MR) is 98.0 cm³/mol. The number of carbonyl (C=O) groups is 2. The lowest BCUT2D eigenvalue weighted by Gasteiger charge is -2.11. The molecule has 6 nitrogen and oxygen atoms in total. The van der Waals surface area contributed by atoms with Crippen LogP contribution in [-0.4, -0.2) is 24.6 Å². The third-order valence-electron chi connectivity index (χ3n) is 3.51. The highest BCUT2D eigenvalue weighted by Crippen LogP contribution is 2.25. The number of anilines is 1. The van der Waals surface area contributed by atoms with E-state index in [4.69, 9.17) is 4.74 Å². The maximum atomic E-state index is 13.5. The average Bonchev–Trinajstić information content (AvgIpc) is 2.60. The maximum Gasteiger partial charge on any atom is 0.274 e. The van der Waals surface area contributed by atoms with Gasteiger partial charge in [0.2, 0.25) is 5.91 Å². The fraction of sp³-hybridized carbons (Fsp3) is 0.211. The summed E-state index contributed by atoms with van der Waals surface area (Å²) < 4.78 is 18.7. The smallest absolute Gasteiger partial charge is 0.274 e. The van der Waals surface area contributed by atoms with Crippen LogP contribution in [0.1, 0.15) is 29.3 Å². The van der Waals surface area contributed by atoms with Gasteiger partial charge >= 0.3 is 0 Å². The Balaban J connectivity index is 1.96. The molecular formula is C19H20FN3O3. The number of nitrogens with one attached hydrogen (secondary N) is 2. The second-order valence-electron chi connectivity index (χ2n) is 5.70. The number of methoxy groups -OCH3 is 1. The second-order valence-corrected chi connectivity index (χ2v) is 5.70. The van der Waals surface area contributed by atoms with E-state index in [1.54, 1.807) is 25.1 Å². The fourth-order valence-corrected chi connectivity index (χ4v) is 2.24. The van der Waals surface area contributed by atoms with E-state index in [0.29, 0.717) is 17.1 Å². The van der Waals surface area contributed by atoms with Crippen molar-refractivity contribution in [1.82, 2.24) is 5.43 Å². The van der Waals surface area contributed by atoms with E-state index in [2.05, 4.69) is 15.8 Å². The molecule has 2 aromatic carbocycles. The van der Waals surface area contributed by atoms with Crippen molar-refractivity contribution >= 4 is 23.2 Å². The zero-order valence-electron chi connectivity index (χ0n) is 14.8. The van der Waals surface area contributed by atoms with Crippen molar-refractivity contribution in [2.24, 2.45) is 5.10 Å². The van der Waals surface area contributed by atoms with Crippen LogP contribution >= 0.6 is 0 Å². The highest BCUT2D eigenvalue weighted by Gasteiger charge is 2.12. The minimum atomic E-state index is -0.678. The van der Waals surface area contributed by atoms with Crippen molar-refractivity contribution in [3.05, 3.63) is 59.4 Å². The molecule has 0 radical (unpaired) electrons. The second kappa shape index (κ2) is 8.75. The van der Waals surface area contributed by atoms with Crippen molar-refractivity contribution in [3.63, 3.8) is 0 Å². The fourth-order valence-electron chi connectivity index (χ4n) is 2.24. The summed E-state index contributed by atoms with van der Waals surface area (Å²) in [6.45, 7) is 3.49. The molecule has 0 atom stereocenters. The van der Waals surface area contributed by atoms with Gasteiger partial charge in [0, 0.05) is 5.71 Å².